The summed E-state index contributed by atoms with van der Waals surface area (Å²) < 4.78 is 11.5. The van der Waals surface area contributed by atoms with Gasteiger partial charge >= 0.3 is 0 Å². The minimum atomic E-state index is 0.274. The fraction of sp³-hybridized carbons (Fsp3) is 0.111. The number of para-hydroxylation sites is 1. The third-order valence-corrected chi connectivity index (χ3v) is 11.5. The first-order chi connectivity index (χ1) is 24.1. The second-order valence-electron chi connectivity index (χ2n) is 13.9. The lowest BCUT2D eigenvalue weighted by Gasteiger charge is -2.12. The number of pyridine rings is 1. The van der Waals surface area contributed by atoms with Crippen molar-refractivity contribution in [2.24, 2.45) is 4.99 Å². The Kier molecular flexibility index (Phi) is 5.14. The van der Waals surface area contributed by atoms with Crippen LogP contribution in [0, 0.1) is 13.8 Å². The van der Waals surface area contributed by atoms with Crippen LogP contribution in [-0.2, 0) is 0 Å². The Labute approximate surface area is 282 Å². The Morgan fingerprint density at radius 2 is 1.47 bits per heavy atom. The number of furan rings is 1. The lowest BCUT2D eigenvalue weighted by molar-refractivity contribution is -0.693. The van der Waals surface area contributed by atoms with Crippen LogP contribution in [-0.4, -0.2) is 10.1 Å². The van der Waals surface area contributed by atoms with Gasteiger partial charge in [0.05, 0.1) is 34.1 Å². The zero-order chi connectivity index (χ0) is 32.7. The van der Waals surface area contributed by atoms with Gasteiger partial charge in [0.25, 0.3) is 0 Å². The summed E-state index contributed by atoms with van der Waals surface area (Å²) in [4.78, 5) is 4.78. The maximum absolute atomic E-state index is 6.46. The molecule has 0 amide bonds. The molecule has 4 heteroatoms. The molecular formula is C45H32N3O+. The Morgan fingerprint density at radius 3 is 2.31 bits per heavy atom. The fourth-order valence-electron chi connectivity index (χ4n) is 9.57. The number of fused-ring (bicyclic) bond motifs is 15. The van der Waals surface area contributed by atoms with Crippen molar-refractivity contribution >= 4 is 65.7 Å². The van der Waals surface area contributed by atoms with Gasteiger partial charge in [-0.3, -0.25) is 4.99 Å². The largest absolute Gasteiger partial charge is 0.456 e. The number of nitrogens with zero attached hydrogens (tertiary/aromatic N) is 3. The number of aliphatic imine (C=N–C) groups is 1. The molecule has 1 aliphatic heterocycles. The molecule has 2 aliphatic rings. The minimum absolute atomic E-state index is 0.274. The van der Waals surface area contributed by atoms with E-state index in [1.807, 2.05) is 12.1 Å². The molecule has 0 bridgehead atoms. The molecule has 3 atom stereocenters. The molecule has 0 spiro atoms. The first-order valence-corrected chi connectivity index (χ1v) is 17.1. The van der Waals surface area contributed by atoms with E-state index in [0.29, 0.717) is 12.0 Å². The highest BCUT2D eigenvalue weighted by atomic mass is 16.3. The summed E-state index contributed by atoms with van der Waals surface area (Å²) in [5.41, 5.74) is 15.4. The van der Waals surface area contributed by atoms with Crippen molar-refractivity contribution in [1.82, 2.24) is 4.40 Å². The summed E-state index contributed by atoms with van der Waals surface area (Å²) in [5.74, 6) is 0.642. The van der Waals surface area contributed by atoms with Gasteiger partial charge in [-0.05, 0) is 78.6 Å². The number of benzene rings is 5. The molecule has 5 aromatic carbocycles. The zero-order valence-corrected chi connectivity index (χ0v) is 27.4. The molecule has 0 saturated heterocycles. The van der Waals surface area contributed by atoms with Crippen molar-refractivity contribution < 1.29 is 8.98 Å². The average Bonchev–Trinajstić information content (AvgIpc) is 3.46. The topological polar surface area (TPSA) is 33.8 Å². The molecule has 4 nitrogen and oxygen atoms in total. The number of aromatic nitrogens is 2. The molecule has 1 saturated carbocycles. The molecule has 3 unspecified atom stereocenters. The number of rotatable bonds is 4. The van der Waals surface area contributed by atoms with Crippen molar-refractivity contribution in [2.45, 2.75) is 31.7 Å². The van der Waals surface area contributed by atoms with Crippen LogP contribution in [0.1, 0.15) is 45.7 Å². The standard InChI is InChI=1S/C45H32N3O/c1-5-34(46-6-2)29-20-32-36(22-31(29)43-42-28-15-8-7-13-26(28)35-16-11-12-18-47(35)44(42)43)48-37-23-39-30(27-14-9-10-17-38(27)49-39)21-33(37)41-25(4)19-24(3)40(32)45(41)48/h5-23,42-44H,1-2H2,3-4H3/q+1/b46-34-. The van der Waals surface area contributed by atoms with Gasteiger partial charge < -0.3 is 8.82 Å². The Hall–Kier alpha value is -6.00. The number of aryl methyl sites for hydroxylation is 2. The van der Waals surface area contributed by atoms with Crippen LogP contribution in [0.15, 0.2) is 138 Å². The first kappa shape index (κ1) is 27.0. The normalized spacial score (nSPS) is 18.5. The smallest absolute Gasteiger partial charge is 0.213 e. The Bertz CT molecular complexity index is 2920. The van der Waals surface area contributed by atoms with E-state index in [0.717, 1.165) is 33.2 Å². The number of hydrogen-bond acceptors (Lipinski definition) is 2. The second kappa shape index (κ2) is 9.33. The molecule has 232 valence electrons. The highest BCUT2D eigenvalue weighted by Gasteiger charge is 2.63. The summed E-state index contributed by atoms with van der Waals surface area (Å²) >= 11 is 0. The average molecular weight is 631 g/mol. The maximum Gasteiger partial charge on any atom is 0.213 e. The van der Waals surface area contributed by atoms with Gasteiger partial charge in [0.2, 0.25) is 5.69 Å². The van der Waals surface area contributed by atoms with E-state index in [1.165, 1.54) is 71.6 Å². The summed E-state index contributed by atoms with van der Waals surface area (Å²) in [6.07, 6.45) is 5.78. The molecule has 1 aliphatic carbocycles. The summed E-state index contributed by atoms with van der Waals surface area (Å²) in [5, 5.41) is 7.42. The van der Waals surface area contributed by atoms with Crippen molar-refractivity contribution in [2.75, 3.05) is 0 Å². The molecule has 9 aromatic rings. The summed E-state index contributed by atoms with van der Waals surface area (Å²) in [7, 11) is 0. The van der Waals surface area contributed by atoms with E-state index >= 15 is 0 Å². The zero-order valence-electron chi connectivity index (χ0n) is 27.4. The molecular weight excluding hydrogens is 599 g/mol. The van der Waals surface area contributed by atoms with E-state index in [4.69, 9.17) is 9.41 Å². The van der Waals surface area contributed by atoms with Crippen LogP contribution in [0.4, 0.5) is 0 Å². The number of hydrogen-bond donors (Lipinski definition) is 0. The van der Waals surface area contributed by atoms with Crippen molar-refractivity contribution in [3.63, 3.8) is 0 Å². The van der Waals surface area contributed by atoms with Gasteiger partial charge in [-0.2, -0.15) is 4.57 Å². The molecule has 4 aromatic heterocycles. The molecule has 11 rings (SSSR count). The SMILES string of the molecule is C=C/N=C(/C=C)c1cc2c3c(C)cc(C)c4c5cc6c(cc5n(c2cc1C1C2c5ccccc5-c5cccc[n+]5C12)c34)oc1ccccc16. The highest BCUT2D eigenvalue weighted by molar-refractivity contribution is 6.28. The number of allylic oxidation sites excluding steroid dienone is 1. The fourth-order valence-corrected chi connectivity index (χ4v) is 9.57. The van der Waals surface area contributed by atoms with Crippen molar-refractivity contribution in [3.05, 3.63) is 157 Å². The lowest BCUT2D eigenvalue weighted by Crippen LogP contribution is -2.37. The molecule has 5 heterocycles. The van der Waals surface area contributed by atoms with Gasteiger partial charge in [-0.15, -0.1) is 0 Å². The summed E-state index contributed by atoms with van der Waals surface area (Å²) in [6, 6.07) is 36.0. The van der Waals surface area contributed by atoms with E-state index in [2.05, 4.69) is 133 Å². The Balaban J connectivity index is 1.27. The second-order valence-corrected chi connectivity index (χ2v) is 13.9. The van der Waals surface area contributed by atoms with Gasteiger partial charge in [-0.25, -0.2) is 0 Å². The van der Waals surface area contributed by atoms with Crippen LogP contribution in [0.2, 0.25) is 0 Å². The molecule has 1 fully saturated rings. The van der Waals surface area contributed by atoms with E-state index < -0.39 is 0 Å². The van der Waals surface area contributed by atoms with Crippen LogP contribution >= 0.6 is 0 Å². The van der Waals surface area contributed by atoms with Crippen LogP contribution in [0.25, 0.3) is 71.3 Å². The first-order valence-electron chi connectivity index (χ1n) is 17.1. The predicted molar refractivity (Wildman–Crippen MR) is 201 cm³/mol. The van der Waals surface area contributed by atoms with E-state index in [1.54, 1.807) is 6.20 Å². The maximum atomic E-state index is 6.46. The van der Waals surface area contributed by atoms with Crippen LogP contribution in [0.3, 0.4) is 0 Å². The van der Waals surface area contributed by atoms with Crippen LogP contribution in [0.5, 0.6) is 0 Å². The molecule has 49 heavy (non-hydrogen) atoms. The quantitative estimate of drug-likeness (QED) is 0.141. The molecule has 0 N–H and O–H groups in total. The minimum Gasteiger partial charge on any atom is -0.456 e. The monoisotopic (exact) mass is 630 g/mol. The highest BCUT2D eigenvalue weighted by Crippen LogP contribution is 2.65. The van der Waals surface area contributed by atoms with E-state index in [-0.39, 0.29) is 5.92 Å². The van der Waals surface area contributed by atoms with Crippen molar-refractivity contribution in [1.29, 1.82) is 0 Å². The Morgan fingerprint density at radius 1 is 0.735 bits per heavy atom. The van der Waals surface area contributed by atoms with Gasteiger partial charge in [0.1, 0.15) is 11.2 Å². The van der Waals surface area contributed by atoms with E-state index in [9.17, 15) is 0 Å². The summed E-state index contributed by atoms with van der Waals surface area (Å²) in [6.45, 7) is 12.7. The molecule has 0 radical (unpaired) electrons. The predicted octanol–water partition coefficient (Wildman–Crippen LogP) is 10.9. The van der Waals surface area contributed by atoms with Gasteiger partial charge in [0, 0.05) is 67.8 Å². The van der Waals surface area contributed by atoms with Gasteiger partial charge in [-0.1, -0.05) is 55.6 Å². The van der Waals surface area contributed by atoms with Crippen LogP contribution < -0.4 is 4.57 Å². The van der Waals surface area contributed by atoms with Crippen molar-refractivity contribution in [3.8, 4) is 11.3 Å². The lowest BCUT2D eigenvalue weighted by atomic mass is 9.92. The third kappa shape index (κ3) is 3.33. The van der Waals surface area contributed by atoms with Gasteiger partial charge in [0.15, 0.2) is 12.2 Å². The third-order valence-electron chi connectivity index (χ3n) is 11.5.